The number of hydrogen-bond acceptors (Lipinski definition) is 2. The van der Waals surface area contributed by atoms with Crippen LogP contribution in [0.5, 0.6) is 0 Å². The fourth-order valence-corrected chi connectivity index (χ4v) is 3.45. The lowest BCUT2D eigenvalue weighted by Crippen LogP contribution is -2.38. The fourth-order valence-electron chi connectivity index (χ4n) is 3.45. The standard InChI is InChI=1S/C17H24N2O/c20-13-17(8-2-1-3-9-17)12-18-11-15-6-4-5-14-7-10-19-16(14)15/h4-7,10,18-20H,1-3,8-9,11-13H2. The maximum Gasteiger partial charge on any atom is 0.0499 e. The molecule has 1 aliphatic rings. The van der Waals surface area contributed by atoms with Crippen molar-refractivity contribution in [3.63, 3.8) is 0 Å². The Labute approximate surface area is 120 Å². The number of aliphatic hydroxyl groups is 1. The molecule has 1 saturated carbocycles. The fraction of sp³-hybridized carbons (Fsp3) is 0.529. The summed E-state index contributed by atoms with van der Waals surface area (Å²) in [5.41, 5.74) is 2.64. The Morgan fingerprint density at radius 3 is 2.80 bits per heavy atom. The summed E-state index contributed by atoms with van der Waals surface area (Å²) in [6.07, 6.45) is 8.14. The van der Waals surface area contributed by atoms with Gasteiger partial charge in [0, 0.05) is 36.8 Å². The van der Waals surface area contributed by atoms with Crippen LogP contribution in [0.1, 0.15) is 37.7 Å². The number of fused-ring (bicyclic) bond motifs is 1. The van der Waals surface area contributed by atoms with Gasteiger partial charge in [-0.15, -0.1) is 0 Å². The number of benzene rings is 1. The number of H-pyrrole nitrogens is 1. The summed E-state index contributed by atoms with van der Waals surface area (Å²) in [5, 5.41) is 14.6. The first-order valence-electron chi connectivity index (χ1n) is 7.70. The van der Waals surface area contributed by atoms with E-state index >= 15 is 0 Å². The molecule has 108 valence electrons. The van der Waals surface area contributed by atoms with E-state index in [0.717, 1.165) is 25.9 Å². The van der Waals surface area contributed by atoms with Crippen LogP contribution in [-0.2, 0) is 6.54 Å². The second-order valence-electron chi connectivity index (χ2n) is 6.18. The minimum atomic E-state index is 0.113. The van der Waals surface area contributed by atoms with Gasteiger partial charge in [-0.3, -0.25) is 0 Å². The molecule has 0 radical (unpaired) electrons. The van der Waals surface area contributed by atoms with Gasteiger partial charge in [0.05, 0.1) is 0 Å². The number of para-hydroxylation sites is 1. The Balaban J connectivity index is 1.63. The average Bonchev–Trinajstić information content (AvgIpc) is 2.98. The number of rotatable bonds is 5. The second-order valence-corrected chi connectivity index (χ2v) is 6.18. The lowest BCUT2D eigenvalue weighted by molar-refractivity contribution is 0.0811. The van der Waals surface area contributed by atoms with E-state index in [0.29, 0.717) is 6.61 Å². The summed E-state index contributed by atoms with van der Waals surface area (Å²) in [4.78, 5) is 3.31. The Hall–Kier alpha value is -1.32. The summed E-state index contributed by atoms with van der Waals surface area (Å²) < 4.78 is 0. The summed E-state index contributed by atoms with van der Waals surface area (Å²) in [6, 6.07) is 8.51. The summed E-state index contributed by atoms with van der Waals surface area (Å²) in [5.74, 6) is 0. The van der Waals surface area contributed by atoms with Gasteiger partial charge in [-0.2, -0.15) is 0 Å². The van der Waals surface area contributed by atoms with Crippen molar-refractivity contribution in [1.29, 1.82) is 0 Å². The SMILES string of the molecule is OCC1(CNCc2cccc3cc[nH]c23)CCCCC1. The van der Waals surface area contributed by atoms with Gasteiger partial charge in [-0.1, -0.05) is 37.5 Å². The van der Waals surface area contributed by atoms with Gasteiger partial charge < -0.3 is 15.4 Å². The molecule has 0 atom stereocenters. The highest BCUT2D eigenvalue weighted by molar-refractivity contribution is 5.82. The molecule has 0 aliphatic heterocycles. The van der Waals surface area contributed by atoms with Gasteiger partial charge in [0.15, 0.2) is 0 Å². The molecule has 1 aromatic carbocycles. The Kier molecular flexibility index (Phi) is 4.08. The largest absolute Gasteiger partial charge is 0.396 e. The van der Waals surface area contributed by atoms with Gasteiger partial charge in [0.1, 0.15) is 0 Å². The molecule has 0 spiro atoms. The van der Waals surface area contributed by atoms with Crippen molar-refractivity contribution in [3.8, 4) is 0 Å². The molecule has 1 aliphatic carbocycles. The molecule has 2 aromatic rings. The molecule has 0 unspecified atom stereocenters. The zero-order valence-electron chi connectivity index (χ0n) is 12.0. The molecule has 3 heteroatoms. The predicted octanol–water partition coefficient (Wildman–Crippen LogP) is 3.20. The van der Waals surface area contributed by atoms with Crippen LogP contribution in [-0.4, -0.2) is 23.2 Å². The monoisotopic (exact) mass is 272 g/mol. The molecule has 0 amide bonds. The molecule has 3 nitrogen and oxygen atoms in total. The zero-order chi connectivity index (χ0) is 13.8. The first kappa shape index (κ1) is 13.7. The summed E-state index contributed by atoms with van der Waals surface area (Å²) in [7, 11) is 0. The topological polar surface area (TPSA) is 48.0 Å². The maximum atomic E-state index is 9.73. The van der Waals surface area contributed by atoms with Crippen molar-refractivity contribution < 1.29 is 5.11 Å². The van der Waals surface area contributed by atoms with E-state index in [-0.39, 0.29) is 5.41 Å². The third kappa shape index (κ3) is 2.74. The van der Waals surface area contributed by atoms with Crippen molar-refractivity contribution in [1.82, 2.24) is 10.3 Å². The van der Waals surface area contributed by atoms with Gasteiger partial charge in [-0.05, 0) is 29.9 Å². The predicted molar refractivity (Wildman–Crippen MR) is 82.6 cm³/mol. The van der Waals surface area contributed by atoms with Gasteiger partial charge in [-0.25, -0.2) is 0 Å². The number of aromatic amines is 1. The van der Waals surface area contributed by atoms with Crippen LogP contribution in [0.3, 0.4) is 0 Å². The van der Waals surface area contributed by atoms with Crippen molar-refractivity contribution in [2.45, 2.75) is 38.6 Å². The van der Waals surface area contributed by atoms with Crippen molar-refractivity contribution >= 4 is 10.9 Å². The molecule has 3 rings (SSSR count). The van der Waals surface area contributed by atoms with Crippen molar-refractivity contribution in [3.05, 3.63) is 36.0 Å². The molecule has 0 bridgehead atoms. The molecule has 1 aromatic heterocycles. The van der Waals surface area contributed by atoms with E-state index in [1.54, 1.807) is 0 Å². The number of hydrogen-bond donors (Lipinski definition) is 3. The second kappa shape index (κ2) is 5.98. The smallest absolute Gasteiger partial charge is 0.0499 e. The van der Waals surface area contributed by atoms with Crippen LogP contribution in [0, 0.1) is 5.41 Å². The normalized spacial score (nSPS) is 18.4. The quantitative estimate of drug-likeness (QED) is 0.783. The Bertz CT molecular complexity index is 555. The third-order valence-corrected chi connectivity index (χ3v) is 4.74. The number of aliphatic hydroxyl groups excluding tert-OH is 1. The lowest BCUT2D eigenvalue weighted by atomic mass is 9.74. The van der Waals surface area contributed by atoms with E-state index < -0.39 is 0 Å². The van der Waals surface area contributed by atoms with Crippen molar-refractivity contribution in [2.75, 3.05) is 13.2 Å². The molecule has 1 fully saturated rings. The van der Waals surface area contributed by atoms with E-state index in [9.17, 15) is 5.11 Å². The van der Waals surface area contributed by atoms with Crippen LogP contribution >= 0.6 is 0 Å². The maximum absolute atomic E-state index is 9.73. The Morgan fingerprint density at radius 2 is 2.00 bits per heavy atom. The molecular formula is C17H24N2O. The molecule has 1 heterocycles. The van der Waals surface area contributed by atoms with E-state index in [2.05, 4.69) is 34.6 Å². The van der Waals surface area contributed by atoms with Gasteiger partial charge in [0.2, 0.25) is 0 Å². The van der Waals surface area contributed by atoms with Crippen LogP contribution in [0.2, 0.25) is 0 Å². The van der Waals surface area contributed by atoms with Crippen LogP contribution < -0.4 is 5.32 Å². The Morgan fingerprint density at radius 1 is 1.15 bits per heavy atom. The number of nitrogens with one attached hydrogen (secondary N) is 2. The first-order valence-corrected chi connectivity index (χ1v) is 7.70. The van der Waals surface area contributed by atoms with E-state index in [4.69, 9.17) is 0 Å². The van der Waals surface area contributed by atoms with E-state index in [1.165, 1.54) is 35.7 Å². The summed E-state index contributed by atoms with van der Waals surface area (Å²) in [6.45, 7) is 2.09. The zero-order valence-corrected chi connectivity index (χ0v) is 12.0. The average molecular weight is 272 g/mol. The minimum absolute atomic E-state index is 0.113. The van der Waals surface area contributed by atoms with Crippen molar-refractivity contribution in [2.24, 2.45) is 5.41 Å². The van der Waals surface area contributed by atoms with Crippen LogP contribution in [0.25, 0.3) is 10.9 Å². The molecule has 0 saturated heterocycles. The summed E-state index contributed by atoms with van der Waals surface area (Å²) >= 11 is 0. The molecule has 3 N–H and O–H groups in total. The number of aromatic nitrogens is 1. The van der Waals surface area contributed by atoms with Crippen LogP contribution in [0.4, 0.5) is 0 Å². The minimum Gasteiger partial charge on any atom is -0.396 e. The van der Waals surface area contributed by atoms with Gasteiger partial charge >= 0.3 is 0 Å². The molecular weight excluding hydrogens is 248 g/mol. The molecule has 20 heavy (non-hydrogen) atoms. The lowest BCUT2D eigenvalue weighted by Gasteiger charge is -2.35. The third-order valence-electron chi connectivity index (χ3n) is 4.74. The highest BCUT2D eigenvalue weighted by Gasteiger charge is 2.30. The highest BCUT2D eigenvalue weighted by Crippen LogP contribution is 2.35. The first-order chi connectivity index (χ1) is 9.83. The van der Waals surface area contributed by atoms with Crippen LogP contribution in [0.15, 0.2) is 30.5 Å². The van der Waals surface area contributed by atoms with E-state index in [1.807, 2.05) is 6.20 Å². The highest BCUT2D eigenvalue weighted by atomic mass is 16.3. The van der Waals surface area contributed by atoms with Gasteiger partial charge in [0.25, 0.3) is 0 Å².